The fraction of sp³-hybridized carbons (Fsp3) is 0.400. The van der Waals surface area contributed by atoms with E-state index in [1.165, 1.54) is 6.92 Å². The average Bonchev–Trinajstić information content (AvgIpc) is 2.41. The summed E-state index contributed by atoms with van der Waals surface area (Å²) in [4.78, 5) is 37.1. The van der Waals surface area contributed by atoms with E-state index in [4.69, 9.17) is 0 Å². The molecule has 20 heavy (non-hydrogen) atoms. The monoisotopic (exact) mass is 274 g/mol. The van der Waals surface area contributed by atoms with Gasteiger partial charge in [-0.15, -0.1) is 0 Å². The highest BCUT2D eigenvalue weighted by atomic mass is 16.2. The first-order valence-corrected chi connectivity index (χ1v) is 6.55. The number of Topliss-reactive ketones (excluding diaryl/α,β-unsaturated/α-hetero) is 1. The number of benzene rings is 1. The second-order valence-corrected chi connectivity index (χ2v) is 5.41. The predicted molar refractivity (Wildman–Crippen MR) is 74.6 cm³/mol. The van der Waals surface area contributed by atoms with Gasteiger partial charge in [0.15, 0.2) is 5.78 Å². The standard InChI is InChI=1S/C15H18N2O3/c1-10(18)11-4-6-12(7-5-11)13(19)17-9-8-16-14(20)15(17,2)3/h4-7H,8-9H2,1-3H3,(H,16,20). The van der Waals surface area contributed by atoms with Crippen LogP contribution >= 0.6 is 0 Å². The van der Waals surface area contributed by atoms with Gasteiger partial charge in [0.1, 0.15) is 5.54 Å². The summed E-state index contributed by atoms with van der Waals surface area (Å²) in [6, 6.07) is 6.52. The molecule has 0 aliphatic carbocycles. The zero-order valence-corrected chi connectivity index (χ0v) is 11.9. The van der Waals surface area contributed by atoms with Gasteiger partial charge in [-0.25, -0.2) is 0 Å². The molecule has 1 aromatic carbocycles. The van der Waals surface area contributed by atoms with Crippen molar-refractivity contribution in [1.82, 2.24) is 10.2 Å². The van der Waals surface area contributed by atoms with E-state index in [-0.39, 0.29) is 17.6 Å². The molecule has 106 valence electrons. The van der Waals surface area contributed by atoms with E-state index in [2.05, 4.69) is 5.32 Å². The Balaban J connectivity index is 2.26. The van der Waals surface area contributed by atoms with Crippen LogP contribution in [0.15, 0.2) is 24.3 Å². The number of carbonyl (C=O) groups is 3. The maximum absolute atomic E-state index is 12.5. The lowest BCUT2D eigenvalue weighted by Gasteiger charge is -2.41. The van der Waals surface area contributed by atoms with Gasteiger partial charge >= 0.3 is 0 Å². The van der Waals surface area contributed by atoms with Gasteiger partial charge in [0, 0.05) is 24.2 Å². The quantitative estimate of drug-likeness (QED) is 0.825. The van der Waals surface area contributed by atoms with Gasteiger partial charge in [-0.1, -0.05) is 12.1 Å². The summed E-state index contributed by atoms with van der Waals surface area (Å²) in [5.74, 6) is -0.390. The molecule has 1 aromatic rings. The molecule has 1 N–H and O–H groups in total. The number of rotatable bonds is 2. The summed E-state index contributed by atoms with van der Waals surface area (Å²) in [6.07, 6.45) is 0. The third-order valence-electron chi connectivity index (χ3n) is 3.63. The Bertz CT molecular complexity index is 561. The second-order valence-electron chi connectivity index (χ2n) is 5.41. The molecule has 0 unspecified atom stereocenters. The van der Waals surface area contributed by atoms with Gasteiger partial charge in [-0.2, -0.15) is 0 Å². The highest BCUT2D eigenvalue weighted by Crippen LogP contribution is 2.21. The minimum atomic E-state index is -0.866. The summed E-state index contributed by atoms with van der Waals surface area (Å²) in [6.45, 7) is 5.87. The molecular formula is C15H18N2O3. The Labute approximate surface area is 118 Å². The molecular weight excluding hydrogens is 256 g/mol. The lowest BCUT2D eigenvalue weighted by Crippen LogP contribution is -2.63. The van der Waals surface area contributed by atoms with Crippen LogP contribution in [0.4, 0.5) is 0 Å². The van der Waals surface area contributed by atoms with Gasteiger partial charge in [-0.05, 0) is 32.9 Å². The fourth-order valence-electron chi connectivity index (χ4n) is 2.26. The number of nitrogens with one attached hydrogen (secondary N) is 1. The third kappa shape index (κ3) is 2.43. The second kappa shape index (κ2) is 5.07. The molecule has 0 atom stereocenters. The van der Waals surface area contributed by atoms with Crippen molar-refractivity contribution in [2.45, 2.75) is 26.3 Å². The van der Waals surface area contributed by atoms with Crippen LogP contribution in [0.2, 0.25) is 0 Å². The number of amides is 2. The molecule has 1 heterocycles. The molecule has 1 saturated heterocycles. The van der Waals surface area contributed by atoms with Crippen LogP contribution in [0.25, 0.3) is 0 Å². The van der Waals surface area contributed by atoms with E-state index >= 15 is 0 Å². The van der Waals surface area contributed by atoms with E-state index in [1.807, 2.05) is 0 Å². The Kier molecular flexibility index (Phi) is 3.61. The van der Waals surface area contributed by atoms with E-state index in [0.29, 0.717) is 24.2 Å². The summed E-state index contributed by atoms with van der Waals surface area (Å²) in [5, 5.41) is 2.76. The van der Waals surface area contributed by atoms with Crippen molar-refractivity contribution in [1.29, 1.82) is 0 Å². The van der Waals surface area contributed by atoms with Gasteiger partial charge in [0.2, 0.25) is 5.91 Å². The van der Waals surface area contributed by atoms with Crippen LogP contribution in [-0.4, -0.2) is 41.1 Å². The van der Waals surface area contributed by atoms with E-state index in [0.717, 1.165) is 0 Å². The third-order valence-corrected chi connectivity index (χ3v) is 3.63. The largest absolute Gasteiger partial charge is 0.352 e. The summed E-state index contributed by atoms with van der Waals surface area (Å²) >= 11 is 0. The van der Waals surface area contributed by atoms with E-state index < -0.39 is 5.54 Å². The highest BCUT2D eigenvalue weighted by molar-refractivity contribution is 6.01. The van der Waals surface area contributed by atoms with Gasteiger partial charge in [-0.3, -0.25) is 14.4 Å². The Morgan fingerprint density at radius 3 is 2.25 bits per heavy atom. The number of ketones is 1. The molecule has 0 spiro atoms. The van der Waals surface area contributed by atoms with Crippen molar-refractivity contribution in [3.63, 3.8) is 0 Å². The minimum Gasteiger partial charge on any atom is -0.352 e. The van der Waals surface area contributed by atoms with E-state index in [1.54, 1.807) is 43.0 Å². The smallest absolute Gasteiger partial charge is 0.254 e. The fourth-order valence-corrected chi connectivity index (χ4v) is 2.26. The number of carbonyl (C=O) groups excluding carboxylic acids is 3. The van der Waals surface area contributed by atoms with Gasteiger partial charge in [0.25, 0.3) is 5.91 Å². The molecule has 0 radical (unpaired) electrons. The number of hydrogen-bond donors (Lipinski definition) is 1. The molecule has 5 nitrogen and oxygen atoms in total. The van der Waals surface area contributed by atoms with Crippen LogP contribution in [0.3, 0.4) is 0 Å². The van der Waals surface area contributed by atoms with Crippen LogP contribution in [-0.2, 0) is 4.79 Å². The maximum Gasteiger partial charge on any atom is 0.254 e. The normalized spacial score (nSPS) is 17.6. The number of piperazine rings is 1. The molecule has 0 saturated carbocycles. The lowest BCUT2D eigenvalue weighted by atomic mass is 9.97. The highest BCUT2D eigenvalue weighted by Gasteiger charge is 2.40. The van der Waals surface area contributed by atoms with Crippen molar-refractivity contribution in [3.8, 4) is 0 Å². The summed E-state index contributed by atoms with van der Waals surface area (Å²) < 4.78 is 0. The maximum atomic E-state index is 12.5. The van der Waals surface area contributed by atoms with Crippen LogP contribution < -0.4 is 5.32 Å². The van der Waals surface area contributed by atoms with Gasteiger partial charge < -0.3 is 10.2 Å². The van der Waals surface area contributed by atoms with Crippen LogP contribution in [0.5, 0.6) is 0 Å². The van der Waals surface area contributed by atoms with Gasteiger partial charge in [0.05, 0.1) is 0 Å². The predicted octanol–water partition coefficient (Wildman–Crippen LogP) is 1.24. The first-order valence-electron chi connectivity index (χ1n) is 6.55. The van der Waals surface area contributed by atoms with Crippen molar-refractivity contribution >= 4 is 17.6 Å². The zero-order valence-electron chi connectivity index (χ0n) is 11.9. The topological polar surface area (TPSA) is 66.5 Å². The van der Waals surface area contributed by atoms with Crippen LogP contribution in [0, 0.1) is 0 Å². The average molecular weight is 274 g/mol. The van der Waals surface area contributed by atoms with Crippen molar-refractivity contribution < 1.29 is 14.4 Å². The molecule has 0 aromatic heterocycles. The summed E-state index contributed by atoms with van der Waals surface area (Å²) in [5.41, 5.74) is 0.184. The lowest BCUT2D eigenvalue weighted by molar-refractivity contribution is -0.133. The Morgan fingerprint density at radius 1 is 1.15 bits per heavy atom. The number of hydrogen-bond acceptors (Lipinski definition) is 3. The van der Waals surface area contributed by atoms with Crippen LogP contribution in [0.1, 0.15) is 41.5 Å². The Hall–Kier alpha value is -2.17. The first-order chi connectivity index (χ1) is 9.34. The molecule has 2 rings (SSSR count). The Morgan fingerprint density at radius 2 is 1.70 bits per heavy atom. The van der Waals surface area contributed by atoms with Crippen molar-refractivity contribution in [3.05, 3.63) is 35.4 Å². The molecule has 0 bridgehead atoms. The summed E-state index contributed by atoms with van der Waals surface area (Å²) in [7, 11) is 0. The first kappa shape index (κ1) is 14.2. The molecule has 1 aliphatic heterocycles. The zero-order chi connectivity index (χ0) is 14.9. The molecule has 1 fully saturated rings. The molecule has 1 aliphatic rings. The minimum absolute atomic E-state index is 0.0401. The number of nitrogens with zero attached hydrogens (tertiary/aromatic N) is 1. The molecule has 2 amide bonds. The SMILES string of the molecule is CC(=O)c1ccc(C(=O)N2CCNC(=O)C2(C)C)cc1. The van der Waals surface area contributed by atoms with Crippen molar-refractivity contribution in [2.75, 3.05) is 13.1 Å². The molecule has 5 heteroatoms. The van der Waals surface area contributed by atoms with E-state index in [9.17, 15) is 14.4 Å². The van der Waals surface area contributed by atoms with Crippen molar-refractivity contribution in [2.24, 2.45) is 0 Å².